The monoisotopic (exact) mass is 351 g/mol. The predicted octanol–water partition coefficient (Wildman–Crippen LogP) is 3.12. The third kappa shape index (κ3) is 2.13. The number of imide groups is 1. The van der Waals surface area contributed by atoms with E-state index in [0.29, 0.717) is 5.69 Å². The van der Waals surface area contributed by atoms with Crippen LogP contribution in [-0.4, -0.2) is 24.4 Å². The molecule has 2 bridgehead atoms. The molecule has 1 saturated carbocycles. The van der Waals surface area contributed by atoms with Gasteiger partial charge in [0.15, 0.2) is 0 Å². The number of anilines is 1. The second kappa shape index (κ2) is 5.94. The Bertz CT molecular complexity index is 844. The van der Waals surface area contributed by atoms with Gasteiger partial charge in [-0.1, -0.05) is 35.4 Å². The number of ether oxygens (including phenoxy) is 1. The van der Waals surface area contributed by atoms with Crippen molar-refractivity contribution >= 4 is 23.5 Å². The fraction of sp³-hybridized carbons (Fsp3) is 0.381. The minimum Gasteiger partial charge on any atom is -0.462 e. The van der Waals surface area contributed by atoms with Crippen molar-refractivity contribution in [2.75, 3.05) is 11.5 Å². The molecule has 3 aliphatic rings. The van der Waals surface area contributed by atoms with Crippen molar-refractivity contribution in [1.82, 2.24) is 0 Å². The zero-order valence-corrected chi connectivity index (χ0v) is 15.1. The third-order valence-corrected chi connectivity index (χ3v) is 5.63. The predicted molar refractivity (Wildman–Crippen MR) is 96.4 cm³/mol. The molecule has 4 atom stereocenters. The molecular weight excluding hydrogens is 330 g/mol. The summed E-state index contributed by atoms with van der Waals surface area (Å²) in [5.74, 6) is -1.70. The molecule has 2 amide bonds. The first-order valence-electron chi connectivity index (χ1n) is 8.97. The van der Waals surface area contributed by atoms with Crippen LogP contribution in [-0.2, 0) is 14.3 Å². The van der Waals surface area contributed by atoms with Crippen molar-refractivity contribution in [3.63, 3.8) is 0 Å². The Morgan fingerprint density at radius 2 is 1.62 bits per heavy atom. The minimum absolute atomic E-state index is 0.00814. The molecule has 1 aromatic rings. The Hall–Kier alpha value is -2.69. The molecule has 2 aliphatic carbocycles. The number of carbonyl (C=O) groups excluding carboxylic acids is 3. The molecule has 1 aliphatic heterocycles. The van der Waals surface area contributed by atoms with Crippen LogP contribution in [0.2, 0.25) is 0 Å². The van der Waals surface area contributed by atoms with Crippen LogP contribution in [0, 0.1) is 23.7 Å². The molecule has 5 nitrogen and oxygen atoms in total. The van der Waals surface area contributed by atoms with E-state index in [1.165, 1.54) is 16.0 Å². The van der Waals surface area contributed by atoms with Crippen molar-refractivity contribution in [1.29, 1.82) is 0 Å². The molecule has 26 heavy (non-hydrogen) atoms. The maximum Gasteiger partial charge on any atom is 0.340 e. The lowest BCUT2D eigenvalue weighted by Gasteiger charge is -2.21. The van der Waals surface area contributed by atoms with E-state index in [0.717, 1.165) is 0 Å². The van der Waals surface area contributed by atoms with Crippen molar-refractivity contribution in [3.8, 4) is 0 Å². The van der Waals surface area contributed by atoms with Crippen LogP contribution < -0.4 is 4.90 Å². The van der Waals surface area contributed by atoms with Gasteiger partial charge in [0.05, 0.1) is 29.7 Å². The average Bonchev–Trinajstić information content (AvgIpc) is 3.25. The standard InChI is InChI=1S/C21H21NO4/c1-4-26-21(25)12-7-5-6-8-15(12)22-19(23)17-13-9-10-14(16(13)11(2)3)18(17)20(22)24/h5-10,13-14,17-18H,4H2,1-3H3/t13-,14+,17-,18+. The highest BCUT2D eigenvalue weighted by molar-refractivity contribution is 6.25. The number of allylic oxidation sites excluding steroid dienone is 4. The van der Waals surface area contributed by atoms with E-state index in [1.807, 2.05) is 13.8 Å². The quantitative estimate of drug-likeness (QED) is 0.477. The second-order valence-corrected chi connectivity index (χ2v) is 7.19. The van der Waals surface area contributed by atoms with Gasteiger partial charge < -0.3 is 4.74 Å². The van der Waals surface area contributed by atoms with Gasteiger partial charge in [-0.3, -0.25) is 9.59 Å². The Labute approximate surface area is 152 Å². The summed E-state index contributed by atoms with van der Waals surface area (Å²) in [5, 5.41) is 0. The van der Waals surface area contributed by atoms with Gasteiger partial charge in [0.25, 0.3) is 0 Å². The van der Waals surface area contributed by atoms with Crippen LogP contribution in [0.5, 0.6) is 0 Å². The maximum atomic E-state index is 13.2. The van der Waals surface area contributed by atoms with Crippen LogP contribution in [0.15, 0.2) is 47.6 Å². The van der Waals surface area contributed by atoms with E-state index in [1.54, 1.807) is 31.2 Å². The van der Waals surface area contributed by atoms with E-state index in [9.17, 15) is 14.4 Å². The van der Waals surface area contributed by atoms with E-state index in [2.05, 4.69) is 12.2 Å². The molecule has 134 valence electrons. The highest BCUT2D eigenvalue weighted by Gasteiger charge is 2.62. The smallest absolute Gasteiger partial charge is 0.340 e. The highest BCUT2D eigenvalue weighted by atomic mass is 16.5. The molecule has 1 aromatic carbocycles. The number of carbonyl (C=O) groups is 3. The number of benzene rings is 1. The molecule has 0 N–H and O–H groups in total. The van der Waals surface area contributed by atoms with Gasteiger partial charge in [-0.2, -0.15) is 0 Å². The molecular formula is C21H21NO4. The van der Waals surface area contributed by atoms with Crippen molar-refractivity contribution in [2.45, 2.75) is 20.8 Å². The average molecular weight is 351 g/mol. The molecule has 0 radical (unpaired) electrons. The molecule has 1 saturated heterocycles. The Balaban J connectivity index is 1.75. The van der Waals surface area contributed by atoms with Gasteiger partial charge in [-0.15, -0.1) is 0 Å². The maximum absolute atomic E-state index is 13.2. The fourth-order valence-corrected chi connectivity index (χ4v) is 4.72. The van der Waals surface area contributed by atoms with E-state index in [-0.39, 0.29) is 47.7 Å². The summed E-state index contributed by atoms with van der Waals surface area (Å²) in [4.78, 5) is 39.8. The van der Waals surface area contributed by atoms with Crippen LogP contribution in [0.1, 0.15) is 31.1 Å². The number of hydrogen-bond acceptors (Lipinski definition) is 4. The van der Waals surface area contributed by atoms with Crippen LogP contribution in [0.4, 0.5) is 5.69 Å². The topological polar surface area (TPSA) is 63.7 Å². The Morgan fingerprint density at radius 1 is 1.04 bits per heavy atom. The lowest BCUT2D eigenvalue weighted by Crippen LogP contribution is -2.34. The van der Waals surface area contributed by atoms with Crippen LogP contribution >= 0.6 is 0 Å². The summed E-state index contributed by atoms with van der Waals surface area (Å²) >= 11 is 0. The van der Waals surface area contributed by atoms with Gasteiger partial charge >= 0.3 is 5.97 Å². The van der Waals surface area contributed by atoms with Gasteiger partial charge in [0.2, 0.25) is 11.8 Å². The molecule has 0 unspecified atom stereocenters. The third-order valence-electron chi connectivity index (χ3n) is 5.63. The van der Waals surface area contributed by atoms with Gasteiger partial charge in [0.1, 0.15) is 0 Å². The van der Waals surface area contributed by atoms with Gasteiger partial charge in [-0.05, 0) is 32.9 Å². The number of fused-ring (bicyclic) bond motifs is 5. The number of para-hydroxylation sites is 1. The van der Waals surface area contributed by atoms with Crippen molar-refractivity contribution < 1.29 is 19.1 Å². The number of nitrogens with zero attached hydrogens (tertiary/aromatic N) is 1. The summed E-state index contributed by atoms with van der Waals surface area (Å²) in [5.41, 5.74) is 2.96. The summed E-state index contributed by atoms with van der Waals surface area (Å²) < 4.78 is 5.09. The molecule has 5 heteroatoms. The van der Waals surface area contributed by atoms with Crippen molar-refractivity contribution in [2.24, 2.45) is 23.7 Å². The minimum atomic E-state index is -0.521. The van der Waals surface area contributed by atoms with E-state index >= 15 is 0 Å². The van der Waals surface area contributed by atoms with Crippen LogP contribution in [0.3, 0.4) is 0 Å². The Kier molecular flexibility index (Phi) is 3.83. The summed E-state index contributed by atoms with van der Waals surface area (Å²) in [6, 6.07) is 6.66. The molecule has 1 heterocycles. The number of rotatable bonds is 3. The first-order chi connectivity index (χ1) is 12.5. The lowest BCUT2D eigenvalue weighted by molar-refractivity contribution is -0.122. The first-order valence-corrected chi connectivity index (χ1v) is 8.97. The number of esters is 1. The van der Waals surface area contributed by atoms with Crippen LogP contribution in [0.25, 0.3) is 0 Å². The van der Waals surface area contributed by atoms with Gasteiger partial charge in [-0.25, -0.2) is 9.69 Å². The summed E-state index contributed by atoms with van der Waals surface area (Å²) in [6.45, 7) is 6.03. The van der Waals surface area contributed by atoms with Crippen molar-refractivity contribution in [3.05, 3.63) is 53.1 Å². The highest BCUT2D eigenvalue weighted by Crippen LogP contribution is 2.57. The molecule has 0 aromatic heterocycles. The van der Waals surface area contributed by atoms with Gasteiger partial charge in [0, 0.05) is 11.8 Å². The fourth-order valence-electron chi connectivity index (χ4n) is 4.72. The van der Waals surface area contributed by atoms with E-state index < -0.39 is 5.97 Å². The second-order valence-electron chi connectivity index (χ2n) is 7.19. The SMILES string of the molecule is CCOC(=O)c1ccccc1N1C(=O)[C@@H]2[C@H](C1=O)[C@@H]1C=C[C@H]2C1=C(C)C. The molecule has 4 rings (SSSR count). The lowest BCUT2D eigenvalue weighted by atomic mass is 9.85. The largest absolute Gasteiger partial charge is 0.462 e. The molecule has 2 fully saturated rings. The summed E-state index contributed by atoms with van der Waals surface area (Å²) in [7, 11) is 0. The number of hydrogen-bond donors (Lipinski definition) is 0. The zero-order valence-electron chi connectivity index (χ0n) is 15.1. The molecule has 0 spiro atoms. The normalized spacial score (nSPS) is 28.7. The van der Waals surface area contributed by atoms with E-state index in [4.69, 9.17) is 4.74 Å². The Morgan fingerprint density at radius 3 is 2.15 bits per heavy atom. The summed E-state index contributed by atoms with van der Waals surface area (Å²) in [6.07, 6.45) is 4.11. The zero-order chi connectivity index (χ0) is 18.6. The first kappa shape index (κ1) is 16.8. The number of amides is 2.